The van der Waals surface area contributed by atoms with Crippen LogP contribution in [0.15, 0.2) is 54.6 Å². The molecule has 0 bridgehead atoms. The maximum atomic E-state index is 13.0. The van der Waals surface area contributed by atoms with Gasteiger partial charge in [0.15, 0.2) is 0 Å². The average molecular weight is 467 g/mol. The molecular weight excluding hydrogens is 443 g/mol. The number of aromatic nitrogens is 2. The molecule has 2 aromatic heterocycles. The van der Waals surface area contributed by atoms with Crippen molar-refractivity contribution in [3.05, 3.63) is 76.5 Å². The van der Waals surface area contributed by atoms with Crippen LogP contribution in [-0.2, 0) is 6.42 Å². The van der Waals surface area contributed by atoms with Crippen LogP contribution in [0.1, 0.15) is 32.6 Å². The number of hydrogen-bond acceptors (Lipinski definition) is 5. The minimum atomic E-state index is -0.400. The van der Waals surface area contributed by atoms with E-state index in [1.54, 1.807) is 7.11 Å². The molecule has 0 saturated carbocycles. The number of rotatable bonds is 8. The summed E-state index contributed by atoms with van der Waals surface area (Å²) in [6.45, 7) is 2.55. The van der Waals surface area contributed by atoms with E-state index in [0.717, 1.165) is 33.8 Å². The molecule has 4 aromatic rings. The Labute approximate surface area is 194 Å². The summed E-state index contributed by atoms with van der Waals surface area (Å²) in [5.74, 6) is -0.173. The Balaban J connectivity index is 1.42. The van der Waals surface area contributed by atoms with Crippen LogP contribution in [0.4, 0.5) is 4.39 Å². The Bertz CT molecular complexity index is 1280. The van der Waals surface area contributed by atoms with Gasteiger partial charge in [0.25, 0.3) is 11.8 Å². The Kier molecular flexibility index (Phi) is 6.69. The summed E-state index contributed by atoms with van der Waals surface area (Å²) in [6.07, 6.45) is 0.743. The van der Waals surface area contributed by atoms with Crippen molar-refractivity contribution >= 4 is 33.4 Å². The van der Waals surface area contributed by atoms with E-state index < -0.39 is 5.82 Å². The van der Waals surface area contributed by atoms with Crippen molar-refractivity contribution in [2.75, 3.05) is 20.2 Å². The van der Waals surface area contributed by atoms with Crippen molar-refractivity contribution in [2.24, 2.45) is 0 Å². The number of nitrogens with one attached hydrogen (secondary N) is 2. The minimum Gasteiger partial charge on any atom is -0.497 e. The highest BCUT2D eigenvalue weighted by atomic mass is 32.1. The maximum absolute atomic E-state index is 13.0. The molecule has 0 saturated heterocycles. The van der Waals surface area contributed by atoms with Gasteiger partial charge in [0.1, 0.15) is 16.4 Å². The highest BCUT2D eigenvalue weighted by Crippen LogP contribution is 2.31. The number of methoxy groups -OCH3 is 1. The molecule has 0 radical (unpaired) electrons. The predicted octanol–water partition coefficient (Wildman–Crippen LogP) is 3.96. The highest BCUT2D eigenvalue weighted by molar-refractivity contribution is 7.20. The summed E-state index contributed by atoms with van der Waals surface area (Å²) in [6, 6.07) is 14.7. The lowest BCUT2D eigenvalue weighted by Crippen LogP contribution is -2.34. The first-order chi connectivity index (χ1) is 16.0. The van der Waals surface area contributed by atoms with Crippen molar-refractivity contribution in [1.82, 2.24) is 20.4 Å². The zero-order valence-electron chi connectivity index (χ0n) is 18.2. The normalized spacial score (nSPS) is 10.9. The summed E-state index contributed by atoms with van der Waals surface area (Å²) >= 11 is 1.37. The molecule has 2 amide bonds. The number of carbonyl (C=O) groups is 2. The quantitative estimate of drug-likeness (QED) is 0.385. The van der Waals surface area contributed by atoms with Gasteiger partial charge in [-0.15, -0.1) is 11.3 Å². The molecule has 4 rings (SSSR count). The van der Waals surface area contributed by atoms with Crippen molar-refractivity contribution in [3.63, 3.8) is 0 Å². The van der Waals surface area contributed by atoms with E-state index in [-0.39, 0.29) is 24.9 Å². The SMILES string of the molecule is CCc1nn(-c2ccc(OC)cc2)c2sc(C(=O)NCCNC(=O)c3ccc(F)cc3)cc12. The number of amides is 2. The van der Waals surface area contributed by atoms with Gasteiger partial charge in [0.2, 0.25) is 0 Å². The van der Waals surface area contributed by atoms with Gasteiger partial charge in [-0.1, -0.05) is 6.92 Å². The van der Waals surface area contributed by atoms with E-state index in [0.29, 0.717) is 10.4 Å². The number of aryl methyl sites for hydroxylation is 1. The second kappa shape index (κ2) is 9.83. The van der Waals surface area contributed by atoms with Crippen molar-refractivity contribution < 1.29 is 18.7 Å². The van der Waals surface area contributed by atoms with Crippen LogP contribution in [0, 0.1) is 5.82 Å². The van der Waals surface area contributed by atoms with Crippen LogP contribution in [0.5, 0.6) is 5.75 Å². The highest BCUT2D eigenvalue weighted by Gasteiger charge is 2.18. The molecule has 0 aliphatic carbocycles. The molecule has 0 atom stereocenters. The zero-order chi connectivity index (χ0) is 23.4. The summed E-state index contributed by atoms with van der Waals surface area (Å²) in [7, 11) is 1.62. The minimum absolute atomic E-state index is 0.212. The summed E-state index contributed by atoms with van der Waals surface area (Å²) in [5.41, 5.74) is 2.17. The lowest BCUT2D eigenvalue weighted by molar-refractivity contribution is 0.0929. The zero-order valence-corrected chi connectivity index (χ0v) is 19.0. The molecule has 9 heteroatoms. The Hall–Kier alpha value is -3.72. The number of benzene rings is 2. The first-order valence-electron chi connectivity index (χ1n) is 10.5. The fourth-order valence-electron chi connectivity index (χ4n) is 3.38. The number of hydrogen-bond donors (Lipinski definition) is 2. The van der Waals surface area contributed by atoms with Gasteiger partial charge < -0.3 is 15.4 Å². The van der Waals surface area contributed by atoms with Gasteiger partial charge in [0, 0.05) is 24.0 Å². The number of halogens is 1. The molecule has 0 spiro atoms. The molecule has 7 nitrogen and oxygen atoms in total. The first-order valence-corrected chi connectivity index (χ1v) is 11.3. The van der Waals surface area contributed by atoms with Crippen LogP contribution >= 0.6 is 11.3 Å². The first kappa shape index (κ1) is 22.5. The van der Waals surface area contributed by atoms with E-state index in [2.05, 4.69) is 10.6 Å². The lowest BCUT2D eigenvalue weighted by atomic mass is 10.2. The number of carbonyl (C=O) groups excluding carboxylic acids is 2. The lowest BCUT2D eigenvalue weighted by Gasteiger charge is -2.07. The van der Waals surface area contributed by atoms with Crippen molar-refractivity contribution in [2.45, 2.75) is 13.3 Å². The van der Waals surface area contributed by atoms with E-state index in [9.17, 15) is 14.0 Å². The average Bonchev–Trinajstić information content (AvgIpc) is 3.42. The topological polar surface area (TPSA) is 85.2 Å². The fraction of sp³-hybridized carbons (Fsp3) is 0.208. The number of fused-ring (bicyclic) bond motifs is 1. The van der Waals surface area contributed by atoms with Crippen LogP contribution < -0.4 is 15.4 Å². The van der Waals surface area contributed by atoms with Crippen LogP contribution in [0.2, 0.25) is 0 Å². The molecule has 2 N–H and O–H groups in total. The Morgan fingerprint density at radius 2 is 1.70 bits per heavy atom. The van der Waals surface area contributed by atoms with Crippen LogP contribution in [0.25, 0.3) is 15.9 Å². The third-order valence-electron chi connectivity index (χ3n) is 5.11. The van der Waals surface area contributed by atoms with E-state index in [1.165, 1.54) is 35.6 Å². The fourth-order valence-corrected chi connectivity index (χ4v) is 4.45. The second-order valence-electron chi connectivity index (χ2n) is 7.26. The van der Waals surface area contributed by atoms with Gasteiger partial charge in [-0.25, -0.2) is 9.07 Å². The van der Waals surface area contributed by atoms with Gasteiger partial charge in [0.05, 0.1) is 23.4 Å². The van der Waals surface area contributed by atoms with Gasteiger partial charge >= 0.3 is 0 Å². The second-order valence-corrected chi connectivity index (χ2v) is 8.29. The number of ether oxygens (including phenoxy) is 1. The van der Waals surface area contributed by atoms with E-state index >= 15 is 0 Å². The van der Waals surface area contributed by atoms with Gasteiger partial charge in [-0.3, -0.25) is 9.59 Å². The van der Waals surface area contributed by atoms with Crippen LogP contribution in [-0.4, -0.2) is 41.8 Å². The molecule has 0 unspecified atom stereocenters. The van der Waals surface area contributed by atoms with Gasteiger partial charge in [-0.05, 0) is 61.0 Å². The molecule has 2 aromatic carbocycles. The standard InChI is InChI=1S/C24H23FN4O3S/c1-3-20-19-14-21(33-24(19)29(28-20)17-8-10-18(32-2)11-9-17)23(31)27-13-12-26-22(30)15-4-6-16(25)7-5-15/h4-11,14H,3,12-13H2,1-2H3,(H,26,30)(H,27,31). The summed E-state index contributed by atoms with van der Waals surface area (Å²) in [5, 5.41) is 11.2. The molecular formula is C24H23FN4O3S. The van der Waals surface area contributed by atoms with E-state index in [1.807, 2.05) is 41.9 Å². The summed E-state index contributed by atoms with van der Waals surface area (Å²) < 4.78 is 20.0. The molecule has 0 aliphatic rings. The number of nitrogens with zero attached hydrogens (tertiary/aromatic N) is 2. The third-order valence-corrected chi connectivity index (χ3v) is 6.22. The van der Waals surface area contributed by atoms with Gasteiger partial charge in [-0.2, -0.15) is 5.10 Å². The van der Waals surface area contributed by atoms with Crippen molar-refractivity contribution in [1.29, 1.82) is 0 Å². The Morgan fingerprint density at radius 1 is 1.03 bits per heavy atom. The molecule has 2 heterocycles. The molecule has 0 fully saturated rings. The molecule has 33 heavy (non-hydrogen) atoms. The smallest absolute Gasteiger partial charge is 0.261 e. The predicted molar refractivity (Wildman–Crippen MR) is 126 cm³/mol. The van der Waals surface area contributed by atoms with E-state index in [4.69, 9.17) is 9.84 Å². The largest absolute Gasteiger partial charge is 0.497 e. The monoisotopic (exact) mass is 466 g/mol. The third kappa shape index (κ3) is 4.88. The van der Waals surface area contributed by atoms with Crippen molar-refractivity contribution in [3.8, 4) is 11.4 Å². The molecule has 0 aliphatic heterocycles. The maximum Gasteiger partial charge on any atom is 0.261 e. The van der Waals surface area contributed by atoms with Crippen LogP contribution in [0.3, 0.4) is 0 Å². The number of thiophene rings is 1. The summed E-state index contributed by atoms with van der Waals surface area (Å²) in [4.78, 5) is 26.2. The molecule has 170 valence electrons. The Morgan fingerprint density at radius 3 is 2.33 bits per heavy atom.